The molecular formula is C18H21N3O3. The average Bonchev–Trinajstić information content (AvgIpc) is 2.60. The van der Waals surface area contributed by atoms with Crippen LogP contribution in [0.25, 0.3) is 11.1 Å². The predicted molar refractivity (Wildman–Crippen MR) is 93.8 cm³/mol. The summed E-state index contributed by atoms with van der Waals surface area (Å²) >= 11 is 0. The second-order valence-electron chi connectivity index (χ2n) is 5.48. The van der Waals surface area contributed by atoms with Crippen LogP contribution in [0, 0.1) is 6.92 Å². The molecule has 2 rings (SSSR count). The molecule has 0 fully saturated rings. The van der Waals surface area contributed by atoms with Crippen LogP contribution in [0.15, 0.2) is 36.7 Å². The van der Waals surface area contributed by atoms with E-state index in [4.69, 9.17) is 5.11 Å². The number of hydrogen-bond donors (Lipinski definition) is 2. The monoisotopic (exact) mass is 327 g/mol. The van der Waals surface area contributed by atoms with E-state index in [1.165, 1.54) is 6.20 Å². The van der Waals surface area contributed by atoms with Crippen LogP contribution in [0.3, 0.4) is 0 Å². The molecule has 0 bridgehead atoms. The molecule has 1 aromatic carbocycles. The Hall–Kier alpha value is -2.73. The van der Waals surface area contributed by atoms with Crippen LogP contribution in [0.5, 0.6) is 0 Å². The van der Waals surface area contributed by atoms with Crippen LogP contribution in [0.2, 0.25) is 0 Å². The van der Waals surface area contributed by atoms with Gasteiger partial charge in [-0.3, -0.25) is 14.6 Å². The summed E-state index contributed by atoms with van der Waals surface area (Å²) in [5, 5.41) is 11.4. The maximum absolute atomic E-state index is 11.9. The molecule has 6 heteroatoms. The number of benzene rings is 1. The van der Waals surface area contributed by atoms with Gasteiger partial charge in [-0.25, -0.2) is 0 Å². The van der Waals surface area contributed by atoms with Gasteiger partial charge in [-0.2, -0.15) is 0 Å². The van der Waals surface area contributed by atoms with Crippen molar-refractivity contribution in [2.24, 2.45) is 0 Å². The molecule has 0 atom stereocenters. The van der Waals surface area contributed by atoms with Gasteiger partial charge < -0.3 is 15.3 Å². The average molecular weight is 327 g/mol. The van der Waals surface area contributed by atoms with E-state index in [1.54, 1.807) is 24.2 Å². The lowest BCUT2D eigenvalue weighted by molar-refractivity contribution is -0.119. The predicted octanol–water partition coefficient (Wildman–Crippen LogP) is 2.36. The highest BCUT2D eigenvalue weighted by molar-refractivity contribution is 5.94. The number of amides is 2. The van der Waals surface area contributed by atoms with Crippen molar-refractivity contribution in [1.82, 2.24) is 4.98 Å². The van der Waals surface area contributed by atoms with Crippen molar-refractivity contribution in [2.75, 3.05) is 23.9 Å². The number of rotatable bonds is 5. The molecule has 2 aromatic rings. The van der Waals surface area contributed by atoms with Gasteiger partial charge in [0.15, 0.2) is 0 Å². The minimum absolute atomic E-state index is 0.0567. The lowest BCUT2D eigenvalue weighted by Gasteiger charge is -2.19. The van der Waals surface area contributed by atoms with Crippen molar-refractivity contribution in [3.05, 3.63) is 42.2 Å². The fourth-order valence-corrected chi connectivity index (χ4v) is 2.45. The summed E-state index contributed by atoms with van der Waals surface area (Å²) in [7, 11) is 1.76. The van der Waals surface area contributed by atoms with Gasteiger partial charge in [0.25, 0.3) is 0 Å². The Labute approximate surface area is 141 Å². The fourth-order valence-electron chi connectivity index (χ4n) is 2.45. The van der Waals surface area contributed by atoms with Gasteiger partial charge in [-0.1, -0.05) is 13.0 Å². The summed E-state index contributed by atoms with van der Waals surface area (Å²) in [5.41, 5.74) is 4.13. The number of aliphatic hydroxyl groups is 1. The van der Waals surface area contributed by atoms with Crippen LogP contribution in [0.1, 0.15) is 18.9 Å². The highest BCUT2D eigenvalue weighted by Gasteiger charge is 2.12. The van der Waals surface area contributed by atoms with Gasteiger partial charge in [0.2, 0.25) is 11.8 Å². The van der Waals surface area contributed by atoms with E-state index in [1.807, 2.05) is 32.0 Å². The van der Waals surface area contributed by atoms with E-state index in [0.29, 0.717) is 12.1 Å². The minimum Gasteiger partial charge on any atom is -0.387 e. The van der Waals surface area contributed by atoms with E-state index >= 15 is 0 Å². The maximum atomic E-state index is 11.9. The Balaban J connectivity index is 2.30. The first-order valence-electron chi connectivity index (χ1n) is 7.69. The fraction of sp³-hybridized carbons (Fsp3) is 0.278. The normalized spacial score (nSPS) is 10.3. The lowest BCUT2D eigenvalue weighted by atomic mass is 10.0. The summed E-state index contributed by atoms with van der Waals surface area (Å²) in [6.07, 6.45) is 3.67. The van der Waals surface area contributed by atoms with Crippen molar-refractivity contribution < 1.29 is 14.7 Å². The smallest absolute Gasteiger partial charge is 0.250 e. The zero-order valence-electron chi connectivity index (χ0n) is 14.0. The third-order valence-corrected chi connectivity index (χ3v) is 3.73. The number of aromatic nitrogens is 1. The number of nitrogens with zero attached hydrogens (tertiary/aromatic N) is 2. The first-order valence-corrected chi connectivity index (χ1v) is 7.69. The molecule has 0 aliphatic heterocycles. The van der Waals surface area contributed by atoms with Crippen LogP contribution >= 0.6 is 0 Å². The second kappa shape index (κ2) is 7.70. The summed E-state index contributed by atoms with van der Waals surface area (Å²) in [4.78, 5) is 28.9. The Morgan fingerprint density at radius 3 is 2.58 bits per heavy atom. The number of nitrogens with one attached hydrogen (secondary N) is 1. The summed E-state index contributed by atoms with van der Waals surface area (Å²) < 4.78 is 0. The molecule has 0 spiro atoms. The molecule has 0 saturated carbocycles. The van der Waals surface area contributed by atoms with E-state index in [2.05, 4.69) is 10.3 Å². The molecule has 1 aromatic heterocycles. The van der Waals surface area contributed by atoms with Gasteiger partial charge in [0.05, 0.1) is 11.9 Å². The molecule has 24 heavy (non-hydrogen) atoms. The number of carbonyl (C=O) groups excluding carboxylic acids is 2. The van der Waals surface area contributed by atoms with E-state index in [0.717, 1.165) is 22.4 Å². The number of pyridine rings is 1. The molecule has 0 aliphatic carbocycles. The molecule has 126 valence electrons. The van der Waals surface area contributed by atoms with Crippen molar-refractivity contribution >= 4 is 23.2 Å². The summed E-state index contributed by atoms with van der Waals surface area (Å²) in [5.74, 6) is -0.429. The SMILES string of the molecule is CCC(=O)N(C)c1ccc(-c2cncc(NC(=O)CO)c2)cc1C. The molecule has 2 N–H and O–H groups in total. The lowest BCUT2D eigenvalue weighted by Crippen LogP contribution is -2.25. The van der Waals surface area contributed by atoms with Crippen LogP contribution in [0.4, 0.5) is 11.4 Å². The molecule has 0 saturated heterocycles. The van der Waals surface area contributed by atoms with Gasteiger partial charge in [-0.15, -0.1) is 0 Å². The highest BCUT2D eigenvalue weighted by Crippen LogP contribution is 2.27. The largest absolute Gasteiger partial charge is 0.387 e. The van der Waals surface area contributed by atoms with Gasteiger partial charge in [0, 0.05) is 30.9 Å². The molecular weight excluding hydrogens is 306 g/mol. The maximum Gasteiger partial charge on any atom is 0.250 e. The van der Waals surface area contributed by atoms with Crippen molar-refractivity contribution in [3.63, 3.8) is 0 Å². The molecule has 0 unspecified atom stereocenters. The summed E-state index contributed by atoms with van der Waals surface area (Å²) in [6, 6.07) is 7.58. The third kappa shape index (κ3) is 3.97. The van der Waals surface area contributed by atoms with E-state index in [-0.39, 0.29) is 5.91 Å². The number of aryl methyl sites for hydroxylation is 1. The first-order chi connectivity index (χ1) is 11.5. The number of aliphatic hydroxyl groups excluding tert-OH is 1. The molecule has 1 heterocycles. The van der Waals surface area contributed by atoms with Crippen LogP contribution in [-0.4, -0.2) is 35.6 Å². The van der Waals surface area contributed by atoms with E-state index in [9.17, 15) is 9.59 Å². The Morgan fingerprint density at radius 1 is 1.21 bits per heavy atom. The quantitative estimate of drug-likeness (QED) is 0.883. The summed E-state index contributed by atoms with van der Waals surface area (Å²) in [6.45, 7) is 3.21. The van der Waals surface area contributed by atoms with Crippen molar-refractivity contribution in [1.29, 1.82) is 0 Å². The highest BCUT2D eigenvalue weighted by atomic mass is 16.3. The Morgan fingerprint density at radius 2 is 1.96 bits per heavy atom. The molecule has 6 nitrogen and oxygen atoms in total. The van der Waals surface area contributed by atoms with Gasteiger partial charge in [0.1, 0.15) is 6.61 Å². The first kappa shape index (κ1) is 17.6. The van der Waals surface area contributed by atoms with Crippen molar-refractivity contribution in [2.45, 2.75) is 20.3 Å². The minimum atomic E-state index is -0.574. The number of carbonyl (C=O) groups is 2. The van der Waals surface area contributed by atoms with Gasteiger partial charge >= 0.3 is 0 Å². The Kier molecular flexibility index (Phi) is 5.65. The standard InChI is InChI=1S/C18H21N3O3/c1-4-18(24)21(3)16-6-5-13(7-12(16)2)14-8-15(10-19-9-14)20-17(23)11-22/h5-10,22H,4,11H2,1-3H3,(H,20,23). The zero-order valence-corrected chi connectivity index (χ0v) is 14.0. The Bertz CT molecular complexity index is 759. The number of hydrogen-bond acceptors (Lipinski definition) is 4. The third-order valence-electron chi connectivity index (χ3n) is 3.73. The number of anilines is 2. The van der Waals surface area contributed by atoms with Crippen LogP contribution in [-0.2, 0) is 9.59 Å². The van der Waals surface area contributed by atoms with E-state index < -0.39 is 12.5 Å². The topological polar surface area (TPSA) is 82.5 Å². The second-order valence-corrected chi connectivity index (χ2v) is 5.48. The molecule has 0 aliphatic rings. The van der Waals surface area contributed by atoms with Crippen LogP contribution < -0.4 is 10.2 Å². The van der Waals surface area contributed by atoms with Gasteiger partial charge in [-0.05, 0) is 36.2 Å². The molecule has 2 amide bonds. The molecule has 0 radical (unpaired) electrons. The van der Waals surface area contributed by atoms with Crippen molar-refractivity contribution in [3.8, 4) is 11.1 Å². The zero-order chi connectivity index (χ0) is 17.7.